The Balaban J connectivity index is 1.56. The average Bonchev–Trinajstić information content (AvgIpc) is 2.73. The number of nitrogens with one attached hydrogen (secondary N) is 1. The number of benzene rings is 3. The second-order valence-corrected chi connectivity index (χ2v) is 9.17. The molecule has 1 N–H and O–H groups in total. The van der Waals surface area contributed by atoms with E-state index in [1.807, 2.05) is 36.4 Å². The highest BCUT2D eigenvalue weighted by Crippen LogP contribution is 2.46. The lowest BCUT2D eigenvalue weighted by atomic mass is 10.1. The van der Waals surface area contributed by atoms with Crippen LogP contribution in [0, 0.1) is 13.8 Å². The molecule has 1 unspecified atom stereocenters. The molecular weight excluding hydrogens is 400 g/mol. The van der Waals surface area contributed by atoms with Crippen molar-refractivity contribution in [1.29, 1.82) is 0 Å². The Kier molecular flexibility index (Phi) is 6.04. The molecule has 5 heteroatoms. The van der Waals surface area contributed by atoms with E-state index in [2.05, 4.69) is 48.3 Å². The third kappa shape index (κ3) is 3.97. The number of aryl methyl sites for hydroxylation is 1. The minimum atomic E-state index is -1.26. The summed E-state index contributed by atoms with van der Waals surface area (Å²) in [7, 11) is -1.26. The first-order valence-electron chi connectivity index (χ1n) is 9.90. The van der Waals surface area contributed by atoms with Gasteiger partial charge in [-0.05, 0) is 61.7 Å². The molecular formula is C24H25ClN2OS. The molecule has 0 spiro atoms. The van der Waals surface area contributed by atoms with E-state index in [1.165, 1.54) is 16.7 Å². The van der Waals surface area contributed by atoms with Crippen molar-refractivity contribution in [2.24, 2.45) is 0 Å². The molecule has 150 valence electrons. The first-order valence-corrected chi connectivity index (χ1v) is 11.4. The molecule has 4 rings (SSSR count). The van der Waals surface area contributed by atoms with Gasteiger partial charge in [-0.2, -0.15) is 0 Å². The predicted molar refractivity (Wildman–Crippen MR) is 122 cm³/mol. The molecule has 0 aromatic heterocycles. The molecule has 0 radical (unpaired) electrons. The maximum Gasteiger partial charge on any atom is 0.0907 e. The van der Waals surface area contributed by atoms with Crippen molar-refractivity contribution in [3.8, 4) is 0 Å². The van der Waals surface area contributed by atoms with Crippen LogP contribution in [0.2, 0.25) is 5.02 Å². The van der Waals surface area contributed by atoms with Crippen molar-refractivity contribution in [3.63, 3.8) is 0 Å². The first-order chi connectivity index (χ1) is 14.1. The third-order valence-electron chi connectivity index (χ3n) is 5.46. The van der Waals surface area contributed by atoms with Gasteiger partial charge in [0.25, 0.3) is 0 Å². The largest absolute Gasteiger partial charge is 0.339 e. The van der Waals surface area contributed by atoms with Crippen LogP contribution in [0.15, 0.2) is 70.5 Å². The van der Waals surface area contributed by atoms with Crippen LogP contribution in [-0.4, -0.2) is 17.3 Å². The Hall–Kier alpha value is -2.14. The molecule has 1 aliphatic heterocycles. The number of rotatable bonds is 6. The maximum atomic E-state index is 13.3. The lowest BCUT2D eigenvalue weighted by Gasteiger charge is -2.35. The zero-order chi connectivity index (χ0) is 20.4. The van der Waals surface area contributed by atoms with Crippen LogP contribution in [-0.2, 0) is 17.3 Å². The Morgan fingerprint density at radius 3 is 2.59 bits per heavy atom. The van der Waals surface area contributed by atoms with E-state index >= 15 is 0 Å². The molecule has 3 aromatic rings. The summed E-state index contributed by atoms with van der Waals surface area (Å²) in [6.07, 6.45) is 0.970. The van der Waals surface area contributed by atoms with Crippen LogP contribution in [0.25, 0.3) is 0 Å². The lowest BCUT2D eigenvalue weighted by molar-refractivity contribution is 0.646. The molecule has 1 atom stereocenters. The van der Waals surface area contributed by atoms with Gasteiger partial charge in [0.2, 0.25) is 0 Å². The summed E-state index contributed by atoms with van der Waals surface area (Å²) in [6.45, 7) is 6.82. The van der Waals surface area contributed by atoms with Gasteiger partial charge < -0.3 is 10.2 Å². The van der Waals surface area contributed by atoms with Crippen LogP contribution in [0.5, 0.6) is 0 Å². The van der Waals surface area contributed by atoms with E-state index in [9.17, 15) is 4.21 Å². The minimum Gasteiger partial charge on any atom is -0.339 e. The van der Waals surface area contributed by atoms with Crippen LogP contribution in [0.3, 0.4) is 0 Å². The highest BCUT2D eigenvalue weighted by Gasteiger charge is 2.31. The number of hydrogen-bond donors (Lipinski definition) is 1. The molecule has 0 saturated heterocycles. The first kappa shape index (κ1) is 20.1. The molecule has 3 nitrogen and oxygen atoms in total. The quantitative estimate of drug-likeness (QED) is 0.511. The van der Waals surface area contributed by atoms with Gasteiger partial charge >= 0.3 is 0 Å². The van der Waals surface area contributed by atoms with Crippen molar-refractivity contribution < 1.29 is 4.21 Å². The zero-order valence-corrected chi connectivity index (χ0v) is 18.3. The fourth-order valence-electron chi connectivity index (χ4n) is 3.81. The summed E-state index contributed by atoms with van der Waals surface area (Å²) in [4.78, 5) is 3.87. The maximum absolute atomic E-state index is 13.3. The van der Waals surface area contributed by atoms with E-state index in [-0.39, 0.29) is 0 Å². The van der Waals surface area contributed by atoms with E-state index in [4.69, 9.17) is 11.6 Å². The fraction of sp³-hybridized carbons (Fsp3) is 0.250. The summed E-state index contributed by atoms with van der Waals surface area (Å²) in [5.41, 5.74) is 5.70. The highest BCUT2D eigenvalue weighted by molar-refractivity contribution is 7.85. The van der Waals surface area contributed by atoms with Crippen LogP contribution < -0.4 is 10.2 Å². The molecule has 3 aromatic carbocycles. The second-order valence-electron chi connectivity index (χ2n) is 7.38. The monoisotopic (exact) mass is 424 g/mol. The average molecular weight is 425 g/mol. The number of fused-ring (bicyclic) bond motifs is 2. The van der Waals surface area contributed by atoms with Gasteiger partial charge in [0.1, 0.15) is 0 Å². The van der Waals surface area contributed by atoms with E-state index in [1.54, 1.807) is 0 Å². The van der Waals surface area contributed by atoms with E-state index in [0.29, 0.717) is 5.02 Å². The number of nitrogens with zero attached hydrogens (tertiary/aromatic N) is 1. The summed E-state index contributed by atoms with van der Waals surface area (Å²) < 4.78 is 13.3. The van der Waals surface area contributed by atoms with Gasteiger partial charge in [0.15, 0.2) is 0 Å². The minimum absolute atomic E-state index is 0.567. The van der Waals surface area contributed by atoms with Gasteiger partial charge in [0, 0.05) is 13.1 Å². The van der Waals surface area contributed by atoms with Crippen LogP contribution >= 0.6 is 11.6 Å². The van der Waals surface area contributed by atoms with Crippen molar-refractivity contribution in [1.82, 2.24) is 5.32 Å². The van der Waals surface area contributed by atoms with Crippen molar-refractivity contribution in [3.05, 3.63) is 82.4 Å². The molecule has 1 aliphatic rings. The highest BCUT2D eigenvalue weighted by atomic mass is 35.5. The Morgan fingerprint density at radius 2 is 1.79 bits per heavy atom. The summed E-state index contributed by atoms with van der Waals surface area (Å²) in [5.74, 6) is 0. The Labute approximate surface area is 180 Å². The Morgan fingerprint density at radius 1 is 1.00 bits per heavy atom. The third-order valence-corrected chi connectivity index (χ3v) is 7.42. The SMILES string of the molecule is Cc1ccc2c(c1C)N(CCCNCc1ccccc1)c1cccc(Cl)c1S2=O. The summed E-state index contributed by atoms with van der Waals surface area (Å²) in [6, 6.07) is 20.3. The molecule has 1 heterocycles. The second kappa shape index (κ2) is 8.70. The van der Waals surface area contributed by atoms with Gasteiger partial charge in [-0.25, -0.2) is 4.21 Å². The van der Waals surface area contributed by atoms with Crippen LogP contribution in [0.4, 0.5) is 11.4 Å². The number of anilines is 2. The number of hydrogen-bond acceptors (Lipinski definition) is 3. The van der Waals surface area contributed by atoms with Crippen molar-refractivity contribution in [2.45, 2.75) is 36.6 Å². The van der Waals surface area contributed by atoms with E-state index in [0.717, 1.165) is 47.2 Å². The Bertz CT molecular complexity index is 1050. The van der Waals surface area contributed by atoms with Gasteiger partial charge in [-0.3, -0.25) is 0 Å². The molecule has 0 aliphatic carbocycles. The van der Waals surface area contributed by atoms with E-state index < -0.39 is 10.8 Å². The zero-order valence-electron chi connectivity index (χ0n) is 16.7. The molecule has 0 bridgehead atoms. The topological polar surface area (TPSA) is 32.3 Å². The van der Waals surface area contributed by atoms with Crippen molar-refractivity contribution >= 4 is 33.8 Å². The molecule has 0 saturated carbocycles. The molecule has 0 amide bonds. The fourth-order valence-corrected chi connectivity index (χ4v) is 5.65. The molecule has 29 heavy (non-hydrogen) atoms. The van der Waals surface area contributed by atoms with Crippen LogP contribution in [0.1, 0.15) is 23.1 Å². The standard InChI is InChI=1S/C24H25ClN2OS/c1-17-12-13-22-23(18(17)2)27(21-11-6-10-20(25)24(21)29(22)28)15-7-14-26-16-19-8-4-3-5-9-19/h3-6,8-13,26H,7,14-16H2,1-2H3. The predicted octanol–water partition coefficient (Wildman–Crippen LogP) is 5.75. The summed E-state index contributed by atoms with van der Waals surface area (Å²) in [5, 5.41) is 4.09. The normalized spacial score (nSPS) is 15.1. The number of halogens is 1. The molecule has 0 fully saturated rings. The van der Waals surface area contributed by atoms with Gasteiger partial charge in [-0.15, -0.1) is 0 Å². The van der Waals surface area contributed by atoms with Crippen molar-refractivity contribution in [2.75, 3.05) is 18.0 Å². The van der Waals surface area contributed by atoms with Gasteiger partial charge in [-0.1, -0.05) is 54.1 Å². The lowest BCUT2D eigenvalue weighted by Crippen LogP contribution is -2.28. The smallest absolute Gasteiger partial charge is 0.0907 e. The van der Waals surface area contributed by atoms with Gasteiger partial charge in [0.05, 0.1) is 37.0 Å². The summed E-state index contributed by atoms with van der Waals surface area (Å²) >= 11 is 6.46.